The molecule has 21 heavy (non-hydrogen) atoms. The minimum absolute atomic E-state index is 0.146. The fourth-order valence-electron chi connectivity index (χ4n) is 1.99. The van der Waals surface area contributed by atoms with E-state index in [2.05, 4.69) is 26.0 Å². The van der Waals surface area contributed by atoms with Crippen LogP contribution in [0.15, 0.2) is 24.3 Å². The minimum Gasteiger partial charge on any atom is -0.497 e. The fourth-order valence-corrected chi connectivity index (χ4v) is 1.99. The summed E-state index contributed by atoms with van der Waals surface area (Å²) in [6.45, 7) is 5.05. The maximum absolute atomic E-state index is 11.7. The van der Waals surface area contributed by atoms with Gasteiger partial charge in [0.15, 0.2) is 0 Å². The second-order valence-electron chi connectivity index (χ2n) is 5.39. The SMILES string of the molecule is CCCCOC(=O)CN(C)C(C)Cc1ccc(OC)cc1. The van der Waals surface area contributed by atoms with Crippen molar-refractivity contribution < 1.29 is 14.3 Å². The normalized spacial score (nSPS) is 12.2. The topological polar surface area (TPSA) is 38.8 Å². The molecule has 1 rings (SSSR count). The van der Waals surface area contributed by atoms with Gasteiger partial charge in [0.25, 0.3) is 0 Å². The molecule has 4 nitrogen and oxygen atoms in total. The highest BCUT2D eigenvalue weighted by atomic mass is 16.5. The first kappa shape index (κ1) is 17.5. The molecule has 118 valence electrons. The largest absolute Gasteiger partial charge is 0.497 e. The van der Waals surface area contributed by atoms with Crippen molar-refractivity contribution in [3.63, 3.8) is 0 Å². The number of nitrogens with zero attached hydrogens (tertiary/aromatic N) is 1. The molecule has 0 bridgehead atoms. The van der Waals surface area contributed by atoms with Crippen LogP contribution in [0.5, 0.6) is 5.75 Å². The summed E-state index contributed by atoms with van der Waals surface area (Å²) in [5, 5.41) is 0. The predicted molar refractivity (Wildman–Crippen MR) is 84.7 cm³/mol. The summed E-state index contributed by atoms with van der Waals surface area (Å²) < 4.78 is 10.3. The second kappa shape index (κ2) is 9.40. The lowest BCUT2D eigenvalue weighted by Gasteiger charge is -2.23. The summed E-state index contributed by atoms with van der Waals surface area (Å²) in [5.41, 5.74) is 1.23. The van der Waals surface area contributed by atoms with Crippen LogP contribution in [0, 0.1) is 0 Å². The highest BCUT2D eigenvalue weighted by Gasteiger charge is 2.14. The van der Waals surface area contributed by atoms with Crippen LogP contribution in [-0.2, 0) is 16.0 Å². The Morgan fingerprint density at radius 1 is 1.29 bits per heavy atom. The van der Waals surface area contributed by atoms with Gasteiger partial charge < -0.3 is 9.47 Å². The van der Waals surface area contributed by atoms with Crippen molar-refractivity contribution >= 4 is 5.97 Å². The number of methoxy groups -OCH3 is 1. The van der Waals surface area contributed by atoms with E-state index in [0.29, 0.717) is 13.2 Å². The van der Waals surface area contributed by atoms with Crippen LogP contribution in [0.25, 0.3) is 0 Å². The Hall–Kier alpha value is -1.55. The van der Waals surface area contributed by atoms with Gasteiger partial charge in [-0.25, -0.2) is 0 Å². The molecular formula is C17H27NO3. The van der Waals surface area contributed by atoms with Gasteiger partial charge in [0.1, 0.15) is 5.75 Å². The van der Waals surface area contributed by atoms with E-state index >= 15 is 0 Å². The fraction of sp³-hybridized carbons (Fsp3) is 0.588. The molecule has 1 atom stereocenters. The van der Waals surface area contributed by atoms with Gasteiger partial charge in [0.05, 0.1) is 20.3 Å². The highest BCUT2D eigenvalue weighted by molar-refractivity contribution is 5.71. The third-order valence-corrected chi connectivity index (χ3v) is 3.58. The van der Waals surface area contributed by atoms with Crippen molar-refractivity contribution in [1.29, 1.82) is 0 Å². The van der Waals surface area contributed by atoms with Crippen LogP contribution in [0.4, 0.5) is 0 Å². The Balaban J connectivity index is 2.38. The number of carbonyl (C=O) groups excluding carboxylic acids is 1. The average molecular weight is 293 g/mol. The van der Waals surface area contributed by atoms with Crippen LogP contribution in [0.3, 0.4) is 0 Å². The van der Waals surface area contributed by atoms with E-state index in [0.717, 1.165) is 25.0 Å². The summed E-state index contributed by atoms with van der Waals surface area (Å²) in [6, 6.07) is 8.31. The third-order valence-electron chi connectivity index (χ3n) is 3.58. The lowest BCUT2D eigenvalue weighted by atomic mass is 10.1. The summed E-state index contributed by atoms with van der Waals surface area (Å²) >= 11 is 0. The monoisotopic (exact) mass is 293 g/mol. The maximum Gasteiger partial charge on any atom is 0.320 e. The zero-order valence-corrected chi connectivity index (χ0v) is 13.6. The number of likely N-dealkylation sites (N-methyl/N-ethyl adjacent to an activating group) is 1. The van der Waals surface area contributed by atoms with Gasteiger partial charge in [-0.05, 0) is 44.5 Å². The van der Waals surface area contributed by atoms with Crippen molar-refractivity contribution in [3.05, 3.63) is 29.8 Å². The molecule has 0 N–H and O–H groups in total. The predicted octanol–water partition coefficient (Wildman–Crippen LogP) is 2.90. The van der Waals surface area contributed by atoms with Crippen LogP contribution in [-0.4, -0.2) is 44.2 Å². The molecule has 0 fully saturated rings. The first-order chi connectivity index (χ1) is 10.1. The summed E-state index contributed by atoms with van der Waals surface area (Å²) in [6.07, 6.45) is 2.86. The van der Waals surface area contributed by atoms with E-state index < -0.39 is 0 Å². The Morgan fingerprint density at radius 3 is 2.52 bits per heavy atom. The molecule has 1 aromatic rings. The van der Waals surface area contributed by atoms with E-state index in [1.165, 1.54) is 5.56 Å². The van der Waals surface area contributed by atoms with E-state index in [9.17, 15) is 4.79 Å². The summed E-state index contributed by atoms with van der Waals surface area (Å²) in [5.74, 6) is 0.715. The molecule has 0 amide bonds. The molecule has 1 aromatic carbocycles. The number of benzene rings is 1. The summed E-state index contributed by atoms with van der Waals surface area (Å²) in [4.78, 5) is 13.7. The number of esters is 1. The number of ether oxygens (including phenoxy) is 2. The van der Waals surface area contributed by atoms with Gasteiger partial charge in [0, 0.05) is 6.04 Å². The molecule has 0 aliphatic rings. The van der Waals surface area contributed by atoms with E-state index in [1.54, 1.807) is 7.11 Å². The molecule has 0 aromatic heterocycles. The Kier molecular flexibility index (Phi) is 7.83. The zero-order chi connectivity index (χ0) is 15.7. The first-order valence-corrected chi connectivity index (χ1v) is 7.55. The molecule has 0 aliphatic heterocycles. The number of carbonyl (C=O) groups is 1. The standard InChI is InChI=1S/C17H27NO3/c1-5-6-11-21-17(19)13-18(3)14(2)12-15-7-9-16(20-4)10-8-15/h7-10,14H,5-6,11-13H2,1-4H3. The molecule has 1 unspecified atom stereocenters. The van der Waals surface area contributed by atoms with Crippen molar-refractivity contribution in [3.8, 4) is 5.75 Å². The molecule has 0 heterocycles. The van der Waals surface area contributed by atoms with Gasteiger partial charge in [-0.3, -0.25) is 9.69 Å². The molecule has 0 spiro atoms. The van der Waals surface area contributed by atoms with Gasteiger partial charge >= 0.3 is 5.97 Å². The molecule has 0 saturated heterocycles. The quantitative estimate of drug-likeness (QED) is 0.518. The second-order valence-corrected chi connectivity index (χ2v) is 5.39. The molecule has 0 saturated carbocycles. The first-order valence-electron chi connectivity index (χ1n) is 7.55. The summed E-state index contributed by atoms with van der Waals surface area (Å²) in [7, 11) is 3.62. The van der Waals surface area contributed by atoms with Gasteiger partial charge in [-0.2, -0.15) is 0 Å². The van der Waals surface area contributed by atoms with Crippen LogP contribution in [0.2, 0.25) is 0 Å². The number of hydrogen-bond donors (Lipinski definition) is 0. The third kappa shape index (κ3) is 6.63. The van der Waals surface area contributed by atoms with Gasteiger partial charge in [-0.1, -0.05) is 25.5 Å². The number of hydrogen-bond acceptors (Lipinski definition) is 4. The lowest BCUT2D eigenvalue weighted by Crippen LogP contribution is -2.36. The van der Waals surface area contributed by atoms with Crippen molar-refractivity contribution in [2.45, 2.75) is 39.2 Å². The Bertz CT molecular complexity index is 417. The van der Waals surface area contributed by atoms with Crippen molar-refractivity contribution in [1.82, 2.24) is 4.90 Å². The van der Waals surface area contributed by atoms with Crippen molar-refractivity contribution in [2.75, 3.05) is 27.3 Å². The molecule has 4 heteroatoms. The molecule has 0 aliphatic carbocycles. The van der Waals surface area contributed by atoms with Crippen LogP contribution in [0.1, 0.15) is 32.3 Å². The van der Waals surface area contributed by atoms with E-state index in [-0.39, 0.29) is 12.0 Å². The molecular weight excluding hydrogens is 266 g/mol. The number of unbranched alkanes of at least 4 members (excludes halogenated alkanes) is 1. The maximum atomic E-state index is 11.7. The zero-order valence-electron chi connectivity index (χ0n) is 13.6. The van der Waals surface area contributed by atoms with E-state index in [4.69, 9.17) is 9.47 Å². The highest BCUT2D eigenvalue weighted by Crippen LogP contribution is 2.14. The molecule has 0 radical (unpaired) electrons. The van der Waals surface area contributed by atoms with Crippen LogP contribution < -0.4 is 4.74 Å². The average Bonchev–Trinajstić information content (AvgIpc) is 2.48. The van der Waals surface area contributed by atoms with Gasteiger partial charge in [-0.15, -0.1) is 0 Å². The van der Waals surface area contributed by atoms with Gasteiger partial charge in [0.2, 0.25) is 0 Å². The van der Waals surface area contributed by atoms with Crippen molar-refractivity contribution in [2.24, 2.45) is 0 Å². The smallest absolute Gasteiger partial charge is 0.320 e. The van der Waals surface area contributed by atoms with Crippen LogP contribution >= 0.6 is 0 Å². The van der Waals surface area contributed by atoms with E-state index in [1.807, 2.05) is 24.1 Å². The lowest BCUT2D eigenvalue weighted by molar-refractivity contribution is -0.145. The minimum atomic E-state index is -0.146. The Morgan fingerprint density at radius 2 is 1.95 bits per heavy atom. The Labute approximate surface area is 128 Å². The number of rotatable bonds is 9.